The molecule has 1 aliphatic rings. The van der Waals surface area contributed by atoms with Crippen molar-refractivity contribution in [1.29, 1.82) is 0 Å². The number of rotatable bonds is 6. The van der Waals surface area contributed by atoms with Gasteiger partial charge in [0.05, 0.1) is 17.4 Å². The Bertz CT molecular complexity index is 851. The number of hydrogen-bond donors (Lipinski definition) is 3. The summed E-state index contributed by atoms with van der Waals surface area (Å²) < 4.78 is 14.0. The Labute approximate surface area is 170 Å². The zero-order chi connectivity index (χ0) is 21.0. The Morgan fingerprint density at radius 2 is 1.97 bits per heavy atom. The summed E-state index contributed by atoms with van der Waals surface area (Å²) >= 11 is 0. The van der Waals surface area contributed by atoms with Crippen LogP contribution in [0.2, 0.25) is 0 Å². The summed E-state index contributed by atoms with van der Waals surface area (Å²) in [5, 5.41) is 11.9. The lowest BCUT2D eigenvalue weighted by Crippen LogP contribution is -2.47. The molecule has 0 saturated carbocycles. The summed E-state index contributed by atoms with van der Waals surface area (Å²) in [5.41, 5.74) is 0.830. The molecule has 2 heterocycles. The number of anilines is 1. The number of piperidine rings is 1. The molecule has 1 aromatic carbocycles. The van der Waals surface area contributed by atoms with Crippen LogP contribution in [-0.4, -0.2) is 52.1 Å². The summed E-state index contributed by atoms with van der Waals surface area (Å²) in [6.45, 7) is 7.34. The molecule has 0 spiro atoms. The maximum Gasteiger partial charge on any atom is 0.271 e. The van der Waals surface area contributed by atoms with Crippen LogP contribution in [0.3, 0.4) is 0 Å². The van der Waals surface area contributed by atoms with Gasteiger partial charge in [-0.05, 0) is 45.2 Å². The van der Waals surface area contributed by atoms with Crippen molar-refractivity contribution in [3.05, 3.63) is 47.0 Å². The van der Waals surface area contributed by atoms with Crippen molar-refractivity contribution in [3.8, 4) is 0 Å². The second-order valence-electron chi connectivity index (χ2n) is 7.67. The van der Waals surface area contributed by atoms with Crippen LogP contribution in [0.4, 0.5) is 10.1 Å². The van der Waals surface area contributed by atoms with Gasteiger partial charge in [-0.15, -0.1) is 0 Å². The van der Waals surface area contributed by atoms with Gasteiger partial charge < -0.3 is 10.6 Å². The molecule has 2 unspecified atom stereocenters. The number of H-pyrrole nitrogens is 1. The number of hydrogen-bond acceptors (Lipinski definition) is 4. The highest BCUT2D eigenvalue weighted by Crippen LogP contribution is 2.22. The maximum absolute atomic E-state index is 14.0. The number of carbonyl (C=O) groups excluding carboxylic acids is 2. The van der Waals surface area contributed by atoms with E-state index in [2.05, 4.69) is 39.6 Å². The number of aromatic nitrogens is 2. The van der Waals surface area contributed by atoms with Crippen molar-refractivity contribution in [2.24, 2.45) is 0 Å². The van der Waals surface area contributed by atoms with Crippen molar-refractivity contribution in [3.63, 3.8) is 0 Å². The van der Waals surface area contributed by atoms with E-state index in [0.29, 0.717) is 24.2 Å². The van der Waals surface area contributed by atoms with Crippen molar-refractivity contribution in [2.45, 2.75) is 52.1 Å². The van der Waals surface area contributed by atoms with Crippen molar-refractivity contribution < 1.29 is 14.0 Å². The van der Waals surface area contributed by atoms with Crippen LogP contribution in [-0.2, 0) is 0 Å². The third-order valence-corrected chi connectivity index (χ3v) is 5.60. The fourth-order valence-corrected chi connectivity index (χ4v) is 3.96. The van der Waals surface area contributed by atoms with E-state index in [1.54, 1.807) is 19.1 Å². The van der Waals surface area contributed by atoms with Gasteiger partial charge in [0.1, 0.15) is 11.5 Å². The fraction of sp³-hybridized carbons (Fsp3) is 0.476. The van der Waals surface area contributed by atoms with Gasteiger partial charge in [-0.25, -0.2) is 4.39 Å². The van der Waals surface area contributed by atoms with Crippen molar-refractivity contribution in [1.82, 2.24) is 20.4 Å². The SMILES string of the molecule is Cc1cccc(F)c1C(=O)Nc1cn[nH]c1C(=O)NCCN1C(C)CCCC1C. The fourth-order valence-electron chi connectivity index (χ4n) is 3.96. The standard InChI is InChI=1S/C21H28FN5O2/c1-13-6-4-9-16(22)18(13)20(28)25-17-12-24-26-19(17)21(29)23-10-11-27-14(2)7-5-8-15(27)3/h4,6,9,12,14-15H,5,7-8,10-11H2,1-3H3,(H,23,29)(H,24,26)(H,25,28). The summed E-state index contributed by atoms with van der Waals surface area (Å²) in [6.07, 6.45) is 4.93. The number of aromatic amines is 1. The average molecular weight is 401 g/mol. The molecule has 7 nitrogen and oxygen atoms in total. The molecule has 3 rings (SSSR count). The molecule has 0 aliphatic carbocycles. The van der Waals surface area contributed by atoms with E-state index < -0.39 is 11.7 Å². The molecule has 1 aromatic heterocycles. The summed E-state index contributed by atoms with van der Waals surface area (Å²) in [5.74, 6) is -1.59. The first-order valence-electron chi connectivity index (χ1n) is 10.0. The molecular weight excluding hydrogens is 373 g/mol. The summed E-state index contributed by atoms with van der Waals surface area (Å²) in [7, 11) is 0. The highest BCUT2D eigenvalue weighted by Gasteiger charge is 2.24. The van der Waals surface area contributed by atoms with E-state index >= 15 is 0 Å². The number of likely N-dealkylation sites (tertiary alicyclic amines) is 1. The van der Waals surface area contributed by atoms with Gasteiger partial charge in [0.25, 0.3) is 11.8 Å². The molecule has 2 atom stereocenters. The largest absolute Gasteiger partial charge is 0.349 e. The third kappa shape index (κ3) is 4.82. The van der Waals surface area contributed by atoms with Gasteiger partial charge in [-0.1, -0.05) is 18.6 Å². The number of amides is 2. The van der Waals surface area contributed by atoms with Crippen LogP contribution in [0.25, 0.3) is 0 Å². The number of carbonyl (C=O) groups is 2. The molecule has 0 bridgehead atoms. The monoisotopic (exact) mass is 401 g/mol. The molecule has 3 N–H and O–H groups in total. The predicted molar refractivity (Wildman–Crippen MR) is 109 cm³/mol. The molecule has 1 saturated heterocycles. The quantitative estimate of drug-likeness (QED) is 0.694. The van der Waals surface area contributed by atoms with Crippen LogP contribution in [0.5, 0.6) is 0 Å². The van der Waals surface area contributed by atoms with Gasteiger partial charge in [0.15, 0.2) is 0 Å². The number of benzene rings is 1. The van der Waals surface area contributed by atoms with Crippen LogP contribution in [0, 0.1) is 12.7 Å². The van der Waals surface area contributed by atoms with Gasteiger partial charge in [0, 0.05) is 25.2 Å². The van der Waals surface area contributed by atoms with Crippen LogP contribution in [0.15, 0.2) is 24.4 Å². The Hall–Kier alpha value is -2.74. The highest BCUT2D eigenvalue weighted by atomic mass is 19.1. The van der Waals surface area contributed by atoms with E-state index in [0.717, 1.165) is 6.54 Å². The number of aryl methyl sites for hydroxylation is 1. The minimum absolute atomic E-state index is 0.0480. The Morgan fingerprint density at radius 3 is 2.66 bits per heavy atom. The second-order valence-corrected chi connectivity index (χ2v) is 7.67. The summed E-state index contributed by atoms with van der Waals surface area (Å²) in [4.78, 5) is 27.5. The van der Waals surface area contributed by atoms with E-state index in [4.69, 9.17) is 0 Å². The lowest BCUT2D eigenvalue weighted by molar-refractivity contribution is 0.0886. The molecule has 0 radical (unpaired) electrons. The first-order valence-corrected chi connectivity index (χ1v) is 10.0. The van der Waals surface area contributed by atoms with E-state index in [1.807, 2.05) is 0 Å². The molecule has 1 fully saturated rings. The molecule has 1 aliphatic heterocycles. The van der Waals surface area contributed by atoms with Gasteiger partial charge >= 0.3 is 0 Å². The molecular formula is C21H28FN5O2. The Kier molecular flexibility index (Phi) is 6.64. The van der Waals surface area contributed by atoms with Crippen LogP contribution < -0.4 is 10.6 Å². The molecule has 8 heteroatoms. The first kappa shape index (κ1) is 21.0. The Balaban J connectivity index is 1.60. The first-order chi connectivity index (χ1) is 13.9. The lowest BCUT2D eigenvalue weighted by Gasteiger charge is -2.39. The van der Waals surface area contributed by atoms with Crippen molar-refractivity contribution in [2.75, 3.05) is 18.4 Å². The minimum Gasteiger partial charge on any atom is -0.349 e. The highest BCUT2D eigenvalue weighted by molar-refractivity contribution is 6.08. The minimum atomic E-state index is -0.619. The number of nitrogens with one attached hydrogen (secondary N) is 3. The smallest absolute Gasteiger partial charge is 0.271 e. The number of halogens is 1. The zero-order valence-corrected chi connectivity index (χ0v) is 17.1. The predicted octanol–water partition coefficient (Wildman–Crippen LogP) is 3.10. The van der Waals surface area contributed by atoms with Crippen LogP contribution in [0.1, 0.15) is 59.5 Å². The van der Waals surface area contributed by atoms with E-state index in [-0.39, 0.29) is 22.9 Å². The normalized spacial score (nSPS) is 19.7. The van der Waals surface area contributed by atoms with Gasteiger partial charge in [0.2, 0.25) is 0 Å². The van der Waals surface area contributed by atoms with E-state index in [9.17, 15) is 14.0 Å². The molecule has 156 valence electrons. The zero-order valence-electron chi connectivity index (χ0n) is 17.1. The lowest BCUT2D eigenvalue weighted by atomic mass is 9.98. The van der Waals surface area contributed by atoms with Gasteiger partial charge in [-0.3, -0.25) is 19.6 Å². The molecule has 2 aromatic rings. The van der Waals surface area contributed by atoms with Crippen molar-refractivity contribution >= 4 is 17.5 Å². The topological polar surface area (TPSA) is 90.1 Å². The molecule has 29 heavy (non-hydrogen) atoms. The van der Waals surface area contributed by atoms with Crippen LogP contribution >= 0.6 is 0 Å². The van der Waals surface area contributed by atoms with Gasteiger partial charge in [-0.2, -0.15) is 5.10 Å². The van der Waals surface area contributed by atoms with E-state index in [1.165, 1.54) is 31.5 Å². The second kappa shape index (κ2) is 9.17. The summed E-state index contributed by atoms with van der Waals surface area (Å²) in [6, 6.07) is 5.43. The average Bonchev–Trinajstić information content (AvgIpc) is 3.12. The number of nitrogens with zero attached hydrogens (tertiary/aromatic N) is 2. The molecule has 2 amide bonds. The third-order valence-electron chi connectivity index (χ3n) is 5.60. The Morgan fingerprint density at radius 1 is 1.24 bits per heavy atom. The maximum atomic E-state index is 14.0.